The zero-order valence-electron chi connectivity index (χ0n) is 32.8. The second-order valence-corrected chi connectivity index (χ2v) is 15.7. The second-order valence-electron chi connectivity index (χ2n) is 14.8. The Balaban J connectivity index is 1.15. The van der Waals surface area contributed by atoms with E-state index in [-0.39, 0.29) is 29.9 Å². The van der Waals surface area contributed by atoms with Crippen molar-refractivity contribution < 1.29 is 33.3 Å². The number of carbonyl (C=O) groups excluding carboxylic acids is 3. The summed E-state index contributed by atoms with van der Waals surface area (Å²) in [6.07, 6.45) is 3.05. The van der Waals surface area contributed by atoms with Gasteiger partial charge in [0.05, 0.1) is 50.1 Å². The van der Waals surface area contributed by atoms with E-state index in [0.717, 1.165) is 56.4 Å². The van der Waals surface area contributed by atoms with Gasteiger partial charge in [-0.15, -0.1) is 0 Å². The maximum absolute atomic E-state index is 14.1. The Bertz CT molecular complexity index is 1830. The number of rotatable bonds is 13. The zero-order valence-corrected chi connectivity index (χ0v) is 34.3. The summed E-state index contributed by atoms with van der Waals surface area (Å²) in [5.41, 5.74) is 1.73. The zero-order chi connectivity index (χ0) is 39.9. The topological polar surface area (TPSA) is 113 Å². The predicted octanol–water partition coefficient (Wildman–Crippen LogP) is 6.07. The average molecular weight is 811 g/mol. The third-order valence-corrected chi connectivity index (χ3v) is 12.4. The number of benzene rings is 3. The van der Waals surface area contributed by atoms with Crippen molar-refractivity contribution in [1.29, 1.82) is 0 Å². The number of hydrogen-bond donors (Lipinski definition) is 1. The SMILES string of the molecule is CCOC(=O)CN1CCN(C(=O)NC2(c3ccccc3)CCN(CC[C@@]3(c4ccc(Cl)c(Cl)c4)CCN(C(=O)c4cc(OC)c(OC)c(OC)c4)C3)CC2)CC1. The highest BCUT2D eigenvalue weighted by Gasteiger charge is 2.44. The highest BCUT2D eigenvalue weighted by atomic mass is 35.5. The van der Waals surface area contributed by atoms with Gasteiger partial charge in [-0.1, -0.05) is 59.6 Å². The number of carbonyl (C=O) groups is 3. The number of likely N-dealkylation sites (tertiary alicyclic amines) is 2. The first-order valence-electron chi connectivity index (χ1n) is 19.3. The van der Waals surface area contributed by atoms with Crippen LogP contribution in [-0.2, 0) is 20.5 Å². The first-order valence-corrected chi connectivity index (χ1v) is 20.1. The van der Waals surface area contributed by atoms with Gasteiger partial charge in [-0.05, 0) is 74.5 Å². The number of urea groups is 1. The van der Waals surface area contributed by atoms with Crippen LogP contribution in [-0.4, -0.2) is 131 Å². The maximum Gasteiger partial charge on any atom is 0.320 e. The molecule has 1 N–H and O–H groups in total. The maximum atomic E-state index is 14.1. The number of piperidine rings is 1. The van der Waals surface area contributed by atoms with Crippen LogP contribution in [0.5, 0.6) is 17.2 Å². The number of nitrogens with zero attached hydrogens (tertiary/aromatic N) is 4. The summed E-state index contributed by atoms with van der Waals surface area (Å²) in [5.74, 6) is 0.921. The van der Waals surface area contributed by atoms with Crippen LogP contribution in [0.25, 0.3) is 0 Å². The molecule has 3 heterocycles. The van der Waals surface area contributed by atoms with Crippen LogP contribution < -0.4 is 19.5 Å². The molecule has 0 unspecified atom stereocenters. The molecule has 302 valence electrons. The van der Waals surface area contributed by atoms with Gasteiger partial charge in [0.1, 0.15) is 0 Å². The Labute approximate surface area is 339 Å². The van der Waals surface area contributed by atoms with Crippen LogP contribution in [0.15, 0.2) is 60.7 Å². The summed E-state index contributed by atoms with van der Waals surface area (Å²) in [7, 11) is 4.61. The standard InChI is InChI=1S/C42H53Cl2N5O7/c1-5-56-37(50)28-47-21-23-48(24-22-47)40(52)45-42(31-9-7-6-8-10-31)15-18-46(19-16-42)17-13-41(32-11-12-33(43)34(44)27-32)14-20-49(29-41)39(51)30-25-35(53-2)38(55-4)36(26-30)54-3/h6-12,25-27H,5,13-24,28-29H2,1-4H3,(H,45,52)/t41-/m1/s1. The fourth-order valence-corrected chi connectivity index (χ4v) is 8.70. The molecule has 0 aliphatic carbocycles. The summed E-state index contributed by atoms with van der Waals surface area (Å²) in [6.45, 7) is 8.15. The molecule has 3 aromatic rings. The normalized spacial score (nSPS) is 20.0. The van der Waals surface area contributed by atoms with Crippen molar-refractivity contribution in [3.05, 3.63) is 87.4 Å². The van der Waals surface area contributed by atoms with Gasteiger partial charge in [0.15, 0.2) is 11.5 Å². The van der Waals surface area contributed by atoms with Gasteiger partial charge >= 0.3 is 12.0 Å². The van der Waals surface area contributed by atoms with E-state index >= 15 is 0 Å². The number of piperazine rings is 1. The molecule has 14 heteroatoms. The molecular formula is C42H53Cl2N5O7. The molecule has 56 heavy (non-hydrogen) atoms. The third-order valence-electron chi connectivity index (χ3n) is 11.7. The number of amides is 3. The van der Waals surface area contributed by atoms with E-state index in [1.165, 1.54) is 21.3 Å². The van der Waals surface area contributed by atoms with E-state index < -0.39 is 5.54 Å². The Hall–Kier alpha value is -4.23. The summed E-state index contributed by atoms with van der Waals surface area (Å²) in [4.78, 5) is 48.1. The van der Waals surface area contributed by atoms with E-state index in [0.29, 0.717) is 78.7 Å². The van der Waals surface area contributed by atoms with Gasteiger partial charge in [0, 0.05) is 63.3 Å². The molecule has 6 rings (SSSR count). The molecule has 0 aromatic heterocycles. The summed E-state index contributed by atoms with van der Waals surface area (Å²) >= 11 is 13.0. The molecule has 0 saturated carbocycles. The highest BCUT2D eigenvalue weighted by molar-refractivity contribution is 6.42. The van der Waals surface area contributed by atoms with Crippen molar-refractivity contribution >= 4 is 41.1 Å². The highest BCUT2D eigenvalue weighted by Crippen LogP contribution is 2.43. The first kappa shape index (κ1) is 41.4. The average Bonchev–Trinajstić information content (AvgIpc) is 3.67. The molecule has 3 saturated heterocycles. The van der Waals surface area contributed by atoms with Gasteiger partial charge < -0.3 is 39.0 Å². The monoisotopic (exact) mass is 809 g/mol. The summed E-state index contributed by atoms with van der Waals surface area (Å²) in [5, 5.41) is 4.44. The Kier molecular flexibility index (Phi) is 13.6. The van der Waals surface area contributed by atoms with Gasteiger partial charge in [0.25, 0.3) is 5.91 Å². The van der Waals surface area contributed by atoms with Crippen molar-refractivity contribution in [2.45, 2.75) is 43.6 Å². The minimum absolute atomic E-state index is 0.0838. The van der Waals surface area contributed by atoms with Crippen LogP contribution in [0, 0.1) is 0 Å². The van der Waals surface area contributed by atoms with Gasteiger partial charge in [-0.3, -0.25) is 14.5 Å². The van der Waals surface area contributed by atoms with E-state index in [2.05, 4.69) is 22.3 Å². The molecule has 0 bridgehead atoms. The Morgan fingerprint density at radius 2 is 1.41 bits per heavy atom. The lowest BCUT2D eigenvalue weighted by Gasteiger charge is -2.45. The molecule has 3 aliphatic heterocycles. The predicted molar refractivity (Wildman–Crippen MR) is 216 cm³/mol. The number of esters is 1. The van der Waals surface area contributed by atoms with Crippen LogP contribution in [0.4, 0.5) is 4.79 Å². The second kappa shape index (κ2) is 18.4. The van der Waals surface area contributed by atoms with Crippen molar-refractivity contribution in [2.75, 3.05) is 93.4 Å². The smallest absolute Gasteiger partial charge is 0.320 e. The molecule has 0 radical (unpaired) electrons. The molecule has 12 nitrogen and oxygen atoms in total. The molecule has 3 aromatic carbocycles. The minimum atomic E-state index is -0.518. The van der Waals surface area contributed by atoms with Gasteiger partial charge in [0.2, 0.25) is 5.75 Å². The van der Waals surface area contributed by atoms with E-state index in [4.69, 9.17) is 42.1 Å². The van der Waals surface area contributed by atoms with Crippen LogP contribution in [0.2, 0.25) is 10.0 Å². The number of nitrogens with one attached hydrogen (secondary N) is 1. The first-order chi connectivity index (χ1) is 27.0. The largest absolute Gasteiger partial charge is 0.493 e. The molecule has 3 aliphatic rings. The van der Waals surface area contributed by atoms with Gasteiger partial charge in [-0.25, -0.2) is 4.79 Å². The number of ether oxygens (including phenoxy) is 4. The van der Waals surface area contributed by atoms with Crippen molar-refractivity contribution in [3.63, 3.8) is 0 Å². The summed E-state index contributed by atoms with van der Waals surface area (Å²) in [6, 6.07) is 19.4. The Morgan fingerprint density at radius 3 is 2.02 bits per heavy atom. The van der Waals surface area contributed by atoms with Crippen LogP contribution in [0.1, 0.15) is 54.1 Å². The van der Waals surface area contributed by atoms with Crippen molar-refractivity contribution in [3.8, 4) is 17.2 Å². The molecule has 3 fully saturated rings. The third kappa shape index (κ3) is 9.15. The van der Waals surface area contributed by atoms with Gasteiger partial charge in [-0.2, -0.15) is 0 Å². The lowest BCUT2D eigenvalue weighted by molar-refractivity contribution is -0.144. The van der Waals surface area contributed by atoms with Crippen LogP contribution >= 0.6 is 23.2 Å². The molecule has 1 atom stereocenters. The van der Waals surface area contributed by atoms with E-state index in [9.17, 15) is 14.4 Å². The molecule has 0 spiro atoms. The fraction of sp³-hybridized carbons (Fsp3) is 0.500. The summed E-state index contributed by atoms with van der Waals surface area (Å²) < 4.78 is 21.7. The number of halogens is 2. The number of hydrogen-bond acceptors (Lipinski definition) is 9. The molecular weight excluding hydrogens is 757 g/mol. The molecule has 3 amide bonds. The van der Waals surface area contributed by atoms with E-state index in [1.54, 1.807) is 19.1 Å². The van der Waals surface area contributed by atoms with Crippen molar-refractivity contribution in [1.82, 2.24) is 24.9 Å². The lowest BCUT2D eigenvalue weighted by atomic mass is 9.76. The lowest BCUT2D eigenvalue weighted by Crippen LogP contribution is -2.59. The Morgan fingerprint density at radius 1 is 0.732 bits per heavy atom. The minimum Gasteiger partial charge on any atom is -0.493 e. The van der Waals surface area contributed by atoms with E-state index in [1.807, 2.05) is 51.1 Å². The quantitative estimate of drug-likeness (QED) is 0.206. The number of methoxy groups -OCH3 is 3. The van der Waals surface area contributed by atoms with Crippen molar-refractivity contribution in [2.24, 2.45) is 0 Å². The van der Waals surface area contributed by atoms with Crippen LogP contribution in [0.3, 0.4) is 0 Å². The fourth-order valence-electron chi connectivity index (χ4n) is 8.40.